The van der Waals surface area contributed by atoms with Gasteiger partial charge >= 0.3 is 0 Å². The molecule has 1 N–H and O–H groups in total. The molecule has 0 aliphatic carbocycles. The first-order chi connectivity index (χ1) is 9.79. The monoisotopic (exact) mass is 267 g/mol. The number of hydrogen-bond acceptors (Lipinski definition) is 1. The van der Waals surface area contributed by atoms with E-state index in [2.05, 4.69) is 24.4 Å². The van der Waals surface area contributed by atoms with Crippen LogP contribution in [0, 0.1) is 0 Å². The van der Waals surface area contributed by atoms with Crippen molar-refractivity contribution in [2.75, 3.05) is 5.32 Å². The van der Waals surface area contributed by atoms with Crippen molar-refractivity contribution in [2.45, 2.75) is 32.1 Å². The summed E-state index contributed by atoms with van der Waals surface area (Å²) in [7, 11) is 0. The maximum Gasteiger partial charge on any atom is 0.224 e. The van der Waals surface area contributed by atoms with E-state index in [0.717, 1.165) is 18.5 Å². The molecule has 0 aliphatic rings. The van der Waals surface area contributed by atoms with Crippen LogP contribution in [0.1, 0.15) is 37.7 Å². The van der Waals surface area contributed by atoms with Crippen LogP contribution in [0.15, 0.2) is 60.7 Å². The van der Waals surface area contributed by atoms with Crippen LogP contribution in [0.5, 0.6) is 0 Å². The number of amides is 1. The van der Waals surface area contributed by atoms with Gasteiger partial charge in [0.25, 0.3) is 0 Å². The molecule has 0 saturated carbocycles. The predicted molar refractivity (Wildman–Crippen MR) is 83.8 cm³/mol. The summed E-state index contributed by atoms with van der Waals surface area (Å²) < 4.78 is 0. The molecule has 2 heteroatoms. The summed E-state index contributed by atoms with van der Waals surface area (Å²) in [6.45, 7) is 2.16. The van der Waals surface area contributed by atoms with Gasteiger partial charge in [-0.25, -0.2) is 0 Å². The minimum atomic E-state index is 0.0819. The smallest absolute Gasteiger partial charge is 0.224 e. The Morgan fingerprint density at radius 3 is 2.20 bits per heavy atom. The molecular formula is C18H21NO. The molecule has 2 aromatic rings. The van der Waals surface area contributed by atoms with Gasteiger partial charge in [0.15, 0.2) is 0 Å². The molecule has 2 nitrogen and oxygen atoms in total. The summed E-state index contributed by atoms with van der Waals surface area (Å²) in [4.78, 5) is 12.2. The topological polar surface area (TPSA) is 29.1 Å². The average Bonchev–Trinajstić information content (AvgIpc) is 2.49. The second-order valence-electron chi connectivity index (χ2n) is 5.01. The first kappa shape index (κ1) is 14.3. The van der Waals surface area contributed by atoms with Gasteiger partial charge in [-0.15, -0.1) is 0 Å². The SMILES string of the molecule is CCCC(CC(=O)Nc1ccccc1)c1ccccc1. The van der Waals surface area contributed by atoms with E-state index in [1.807, 2.05) is 48.5 Å². The molecule has 0 bridgehead atoms. The molecule has 1 amide bonds. The van der Waals surface area contributed by atoms with Crippen LogP contribution in [0.25, 0.3) is 0 Å². The van der Waals surface area contributed by atoms with Crippen LogP contribution in [0.4, 0.5) is 5.69 Å². The van der Waals surface area contributed by atoms with Crippen molar-refractivity contribution in [3.8, 4) is 0 Å². The zero-order valence-corrected chi connectivity index (χ0v) is 11.9. The summed E-state index contributed by atoms with van der Waals surface area (Å²) in [5, 5.41) is 2.96. The molecule has 1 unspecified atom stereocenters. The van der Waals surface area contributed by atoms with Crippen LogP contribution in [-0.2, 0) is 4.79 Å². The van der Waals surface area contributed by atoms with Gasteiger partial charge in [-0.2, -0.15) is 0 Å². The third-order valence-corrected chi connectivity index (χ3v) is 3.40. The highest BCUT2D eigenvalue weighted by Crippen LogP contribution is 2.25. The normalized spacial score (nSPS) is 11.8. The second kappa shape index (κ2) is 7.49. The maximum absolute atomic E-state index is 12.2. The van der Waals surface area contributed by atoms with Gasteiger partial charge in [-0.1, -0.05) is 61.9 Å². The largest absolute Gasteiger partial charge is 0.326 e. The molecule has 2 rings (SSSR count). The third-order valence-electron chi connectivity index (χ3n) is 3.40. The number of carbonyl (C=O) groups excluding carboxylic acids is 1. The van der Waals surface area contributed by atoms with Crippen molar-refractivity contribution >= 4 is 11.6 Å². The first-order valence-electron chi connectivity index (χ1n) is 7.19. The molecule has 104 valence electrons. The van der Waals surface area contributed by atoms with Crippen molar-refractivity contribution in [2.24, 2.45) is 0 Å². The molecule has 0 spiro atoms. The quantitative estimate of drug-likeness (QED) is 0.814. The fourth-order valence-corrected chi connectivity index (χ4v) is 2.42. The Morgan fingerprint density at radius 1 is 1.00 bits per heavy atom. The van der Waals surface area contributed by atoms with Crippen molar-refractivity contribution < 1.29 is 4.79 Å². The highest BCUT2D eigenvalue weighted by atomic mass is 16.1. The minimum Gasteiger partial charge on any atom is -0.326 e. The van der Waals surface area contributed by atoms with Crippen molar-refractivity contribution in [1.82, 2.24) is 0 Å². The fraction of sp³-hybridized carbons (Fsp3) is 0.278. The second-order valence-corrected chi connectivity index (χ2v) is 5.01. The van der Waals surface area contributed by atoms with Gasteiger partial charge < -0.3 is 5.32 Å². The number of rotatable bonds is 6. The van der Waals surface area contributed by atoms with E-state index in [9.17, 15) is 4.79 Å². The molecule has 0 fully saturated rings. The van der Waals surface area contributed by atoms with Crippen LogP contribution < -0.4 is 5.32 Å². The van der Waals surface area contributed by atoms with Crippen LogP contribution in [0.3, 0.4) is 0 Å². The Labute approximate surface area is 120 Å². The number of carbonyl (C=O) groups is 1. The van der Waals surface area contributed by atoms with E-state index in [0.29, 0.717) is 12.3 Å². The van der Waals surface area contributed by atoms with E-state index in [1.54, 1.807) is 0 Å². The summed E-state index contributed by atoms with van der Waals surface area (Å²) in [6, 6.07) is 19.9. The van der Waals surface area contributed by atoms with Gasteiger partial charge in [0.05, 0.1) is 0 Å². The Balaban J connectivity index is 1.99. The Hall–Kier alpha value is -2.09. The Bertz CT molecular complexity index is 522. The van der Waals surface area contributed by atoms with Crippen LogP contribution >= 0.6 is 0 Å². The highest BCUT2D eigenvalue weighted by molar-refractivity contribution is 5.91. The van der Waals surface area contributed by atoms with Gasteiger partial charge in [0, 0.05) is 12.1 Å². The Kier molecular flexibility index (Phi) is 5.36. The van der Waals surface area contributed by atoms with Crippen LogP contribution in [0.2, 0.25) is 0 Å². The van der Waals surface area contributed by atoms with Gasteiger partial charge in [-0.05, 0) is 30.0 Å². The summed E-state index contributed by atoms with van der Waals surface area (Å²) >= 11 is 0. The lowest BCUT2D eigenvalue weighted by Crippen LogP contribution is -2.15. The first-order valence-corrected chi connectivity index (χ1v) is 7.19. The van der Waals surface area contributed by atoms with E-state index in [4.69, 9.17) is 0 Å². The van der Waals surface area contributed by atoms with Gasteiger partial charge in [0.2, 0.25) is 5.91 Å². The van der Waals surface area contributed by atoms with E-state index in [1.165, 1.54) is 5.56 Å². The van der Waals surface area contributed by atoms with Crippen LogP contribution in [-0.4, -0.2) is 5.91 Å². The lowest BCUT2D eigenvalue weighted by molar-refractivity contribution is -0.116. The minimum absolute atomic E-state index is 0.0819. The van der Waals surface area contributed by atoms with E-state index >= 15 is 0 Å². The lowest BCUT2D eigenvalue weighted by atomic mass is 9.91. The number of hydrogen-bond donors (Lipinski definition) is 1. The maximum atomic E-state index is 12.2. The molecule has 1 atom stereocenters. The molecule has 0 radical (unpaired) electrons. The zero-order valence-electron chi connectivity index (χ0n) is 11.9. The predicted octanol–water partition coefficient (Wildman–Crippen LogP) is 4.60. The summed E-state index contributed by atoms with van der Waals surface area (Å²) in [6.07, 6.45) is 2.65. The standard InChI is InChI=1S/C18H21NO/c1-2-9-16(15-10-5-3-6-11-15)14-18(20)19-17-12-7-4-8-13-17/h3-8,10-13,16H,2,9,14H2,1H3,(H,19,20). The number of para-hydroxylation sites is 1. The lowest BCUT2D eigenvalue weighted by Gasteiger charge is -2.16. The van der Waals surface area contributed by atoms with Gasteiger partial charge in [0.1, 0.15) is 0 Å². The average molecular weight is 267 g/mol. The Morgan fingerprint density at radius 2 is 1.60 bits per heavy atom. The number of nitrogens with one attached hydrogen (secondary N) is 1. The van der Waals surface area contributed by atoms with E-state index in [-0.39, 0.29) is 5.91 Å². The summed E-state index contributed by atoms with van der Waals surface area (Å²) in [5.74, 6) is 0.378. The van der Waals surface area contributed by atoms with Crippen molar-refractivity contribution in [1.29, 1.82) is 0 Å². The van der Waals surface area contributed by atoms with Gasteiger partial charge in [-0.3, -0.25) is 4.79 Å². The number of benzene rings is 2. The van der Waals surface area contributed by atoms with E-state index < -0.39 is 0 Å². The third kappa shape index (κ3) is 4.23. The summed E-state index contributed by atoms with van der Waals surface area (Å²) in [5.41, 5.74) is 2.11. The number of anilines is 1. The molecular weight excluding hydrogens is 246 g/mol. The van der Waals surface area contributed by atoms with Crippen molar-refractivity contribution in [3.05, 3.63) is 66.2 Å². The molecule has 0 heterocycles. The molecule has 0 saturated heterocycles. The molecule has 0 aromatic heterocycles. The fourth-order valence-electron chi connectivity index (χ4n) is 2.42. The highest BCUT2D eigenvalue weighted by Gasteiger charge is 2.15. The van der Waals surface area contributed by atoms with Crippen molar-refractivity contribution in [3.63, 3.8) is 0 Å². The molecule has 0 aliphatic heterocycles. The molecule has 20 heavy (non-hydrogen) atoms. The zero-order chi connectivity index (χ0) is 14.2. The molecule has 2 aromatic carbocycles.